The van der Waals surface area contributed by atoms with E-state index in [2.05, 4.69) is 36.2 Å². The van der Waals surface area contributed by atoms with Crippen LogP contribution in [-0.4, -0.2) is 36.1 Å². The van der Waals surface area contributed by atoms with Crippen LogP contribution < -0.4 is 5.32 Å². The van der Waals surface area contributed by atoms with Crippen LogP contribution in [0.1, 0.15) is 29.8 Å². The van der Waals surface area contributed by atoms with Crippen LogP contribution in [0.15, 0.2) is 48.5 Å². The summed E-state index contributed by atoms with van der Waals surface area (Å²) in [5.74, 6) is -0.139. The lowest BCUT2D eigenvalue weighted by molar-refractivity contribution is -0.0704. The number of carbonyl (C=O) groups is 1. The fourth-order valence-electron chi connectivity index (χ4n) is 3.17. The minimum absolute atomic E-state index is 0.139. The fourth-order valence-corrected chi connectivity index (χ4v) is 3.30. The quantitative estimate of drug-likeness (QED) is 0.890. The van der Waals surface area contributed by atoms with E-state index in [1.165, 1.54) is 5.56 Å². The molecule has 0 radical (unpaired) electrons. The number of amides is 1. The number of hydrogen-bond acceptors (Lipinski definition) is 3. The van der Waals surface area contributed by atoms with Gasteiger partial charge in [0.05, 0.1) is 12.2 Å². The van der Waals surface area contributed by atoms with Crippen molar-refractivity contribution in [1.29, 1.82) is 0 Å². The van der Waals surface area contributed by atoms with Gasteiger partial charge in [-0.3, -0.25) is 9.69 Å². The number of nitrogens with one attached hydrogen (secondary N) is 1. The second-order valence-corrected chi connectivity index (χ2v) is 7.05. The van der Waals surface area contributed by atoms with Gasteiger partial charge in [-0.2, -0.15) is 0 Å². The molecule has 1 aliphatic heterocycles. The number of morpholine rings is 1. The predicted molar refractivity (Wildman–Crippen MR) is 101 cm³/mol. The van der Waals surface area contributed by atoms with E-state index in [1.54, 1.807) is 24.3 Å². The van der Waals surface area contributed by atoms with Gasteiger partial charge in [-0.25, -0.2) is 0 Å². The lowest BCUT2D eigenvalue weighted by Crippen LogP contribution is -2.44. The zero-order valence-corrected chi connectivity index (χ0v) is 15.3. The van der Waals surface area contributed by atoms with Crippen molar-refractivity contribution in [3.63, 3.8) is 0 Å². The number of hydrogen-bond donors (Lipinski definition) is 1. The number of halogens is 1. The predicted octanol–water partition coefficient (Wildman–Crippen LogP) is 4.20. The topological polar surface area (TPSA) is 41.6 Å². The summed E-state index contributed by atoms with van der Waals surface area (Å²) >= 11 is 5.85. The number of benzene rings is 2. The van der Waals surface area contributed by atoms with Gasteiger partial charge in [0, 0.05) is 35.9 Å². The van der Waals surface area contributed by atoms with Crippen molar-refractivity contribution in [3.8, 4) is 0 Å². The minimum Gasteiger partial charge on any atom is -0.373 e. The zero-order valence-electron chi connectivity index (χ0n) is 14.5. The van der Waals surface area contributed by atoms with Gasteiger partial charge in [0.2, 0.25) is 0 Å². The Morgan fingerprint density at radius 1 is 1.08 bits per heavy atom. The molecule has 132 valence electrons. The average molecular weight is 359 g/mol. The maximum atomic E-state index is 12.2. The van der Waals surface area contributed by atoms with Crippen molar-refractivity contribution in [2.45, 2.75) is 32.6 Å². The van der Waals surface area contributed by atoms with Gasteiger partial charge < -0.3 is 10.1 Å². The van der Waals surface area contributed by atoms with Crippen molar-refractivity contribution >= 4 is 23.2 Å². The summed E-state index contributed by atoms with van der Waals surface area (Å²) in [6.07, 6.45) is 0.531. The molecule has 0 saturated carbocycles. The molecule has 1 N–H and O–H groups in total. The Labute approximate surface area is 153 Å². The molecule has 25 heavy (non-hydrogen) atoms. The number of rotatable bonds is 4. The third-order valence-electron chi connectivity index (χ3n) is 4.22. The summed E-state index contributed by atoms with van der Waals surface area (Å²) in [5, 5.41) is 3.53. The van der Waals surface area contributed by atoms with E-state index in [-0.39, 0.29) is 18.1 Å². The van der Waals surface area contributed by atoms with Crippen LogP contribution >= 0.6 is 11.6 Å². The minimum atomic E-state index is -0.139. The Balaban J connectivity index is 1.58. The Morgan fingerprint density at radius 2 is 1.68 bits per heavy atom. The molecule has 2 aromatic rings. The highest BCUT2D eigenvalue weighted by Crippen LogP contribution is 2.17. The molecule has 0 unspecified atom stereocenters. The summed E-state index contributed by atoms with van der Waals surface area (Å²) in [4.78, 5) is 14.6. The Bertz CT molecular complexity index is 705. The van der Waals surface area contributed by atoms with Crippen LogP contribution in [0, 0.1) is 0 Å². The van der Waals surface area contributed by atoms with E-state index in [0.29, 0.717) is 10.6 Å². The van der Waals surface area contributed by atoms with Gasteiger partial charge in [0.15, 0.2) is 0 Å². The van der Waals surface area contributed by atoms with E-state index in [9.17, 15) is 4.79 Å². The molecular formula is C20H23ClN2O2. The van der Waals surface area contributed by atoms with Crippen LogP contribution in [0.3, 0.4) is 0 Å². The summed E-state index contributed by atoms with van der Waals surface area (Å²) in [6.45, 7) is 7.00. The maximum Gasteiger partial charge on any atom is 0.255 e. The first-order valence-corrected chi connectivity index (χ1v) is 8.91. The van der Waals surface area contributed by atoms with E-state index in [4.69, 9.17) is 16.3 Å². The highest BCUT2D eigenvalue weighted by Gasteiger charge is 2.21. The van der Waals surface area contributed by atoms with E-state index >= 15 is 0 Å². The standard InChI is InChI=1S/C20H23ClN2O2/c1-14-11-23(12-15(2)25-14)13-16-3-9-19(10-4-16)22-20(24)17-5-7-18(21)8-6-17/h3-10,14-15H,11-13H2,1-2H3,(H,22,24)/t14-,15+. The first-order chi connectivity index (χ1) is 12.0. The molecule has 1 heterocycles. The molecule has 5 heteroatoms. The highest BCUT2D eigenvalue weighted by molar-refractivity contribution is 6.30. The van der Waals surface area contributed by atoms with E-state index in [0.717, 1.165) is 25.3 Å². The molecule has 0 spiro atoms. The molecule has 4 nitrogen and oxygen atoms in total. The second-order valence-electron chi connectivity index (χ2n) is 6.61. The van der Waals surface area contributed by atoms with Crippen LogP contribution in [0.5, 0.6) is 0 Å². The Hall–Kier alpha value is -1.88. The Kier molecular flexibility index (Phi) is 5.74. The largest absolute Gasteiger partial charge is 0.373 e. The lowest BCUT2D eigenvalue weighted by Gasteiger charge is -2.35. The van der Waals surface area contributed by atoms with Crippen LogP contribution in [0.25, 0.3) is 0 Å². The van der Waals surface area contributed by atoms with Crippen molar-refractivity contribution in [2.24, 2.45) is 0 Å². The van der Waals surface area contributed by atoms with Gasteiger partial charge in [0.25, 0.3) is 5.91 Å². The number of anilines is 1. The van der Waals surface area contributed by atoms with Gasteiger partial charge in [0.1, 0.15) is 0 Å². The highest BCUT2D eigenvalue weighted by atomic mass is 35.5. The van der Waals surface area contributed by atoms with E-state index < -0.39 is 0 Å². The normalized spacial score (nSPS) is 21.1. The molecule has 0 bridgehead atoms. The molecule has 2 aromatic carbocycles. The SMILES string of the molecule is C[C@@H]1CN(Cc2ccc(NC(=O)c3ccc(Cl)cc3)cc2)C[C@H](C)O1. The molecule has 3 rings (SSSR count). The number of carbonyl (C=O) groups excluding carboxylic acids is 1. The van der Waals surface area contributed by atoms with Crippen LogP contribution in [0.2, 0.25) is 5.02 Å². The third kappa shape index (κ3) is 5.05. The smallest absolute Gasteiger partial charge is 0.255 e. The van der Waals surface area contributed by atoms with Gasteiger partial charge in [-0.15, -0.1) is 0 Å². The van der Waals surface area contributed by atoms with Crippen LogP contribution in [0.4, 0.5) is 5.69 Å². The van der Waals surface area contributed by atoms with Gasteiger partial charge in [-0.1, -0.05) is 23.7 Å². The molecular weight excluding hydrogens is 336 g/mol. The molecule has 1 saturated heterocycles. The maximum absolute atomic E-state index is 12.2. The fraction of sp³-hybridized carbons (Fsp3) is 0.350. The molecule has 1 amide bonds. The van der Waals surface area contributed by atoms with Crippen molar-refractivity contribution in [2.75, 3.05) is 18.4 Å². The van der Waals surface area contributed by atoms with Crippen molar-refractivity contribution in [3.05, 3.63) is 64.7 Å². The summed E-state index contributed by atoms with van der Waals surface area (Å²) in [5.41, 5.74) is 2.60. The average Bonchev–Trinajstić information content (AvgIpc) is 2.56. The Morgan fingerprint density at radius 3 is 2.28 bits per heavy atom. The van der Waals surface area contributed by atoms with Crippen molar-refractivity contribution < 1.29 is 9.53 Å². The van der Waals surface area contributed by atoms with Crippen LogP contribution in [-0.2, 0) is 11.3 Å². The van der Waals surface area contributed by atoms with Crippen molar-refractivity contribution in [1.82, 2.24) is 4.90 Å². The zero-order chi connectivity index (χ0) is 17.8. The number of ether oxygens (including phenoxy) is 1. The summed E-state index contributed by atoms with van der Waals surface area (Å²) in [7, 11) is 0. The van der Waals surface area contributed by atoms with E-state index in [1.807, 2.05) is 12.1 Å². The molecule has 0 aromatic heterocycles. The molecule has 2 atom stereocenters. The third-order valence-corrected chi connectivity index (χ3v) is 4.47. The summed E-state index contributed by atoms with van der Waals surface area (Å²) in [6, 6.07) is 14.9. The first-order valence-electron chi connectivity index (χ1n) is 8.53. The lowest BCUT2D eigenvalue weighted by atomic mass is 10.1. The number of nitrogens with zero attached hydrogens (tertiary/aromatic N) is 1. The van der Waals surface area contributed by atoms with Gasteiger partial charge >= 0.3 is 0 Å². The molecule has 1 aliphatic rings. The molecule has 1 fully saturated rings. The summed E-state index contributed by atoms with van der Waals surface area (Å²) < 4.78 is 5.77. The second kappa shape index (κ2) is 8.00. The van der Waals surface area contributed by atoms with Gasteiger partial charge in [-0.05, 0) is 55.8 Å². The first kappa shape index (κ1) is 17.9. The monoisotopic (exact) mass is 358 g/mol. The molecule has 0 aliphatic carbocycles.